The van der Waals surface area contributed by atoms with Crippen LogP contribution in [0.1, 0.15) is 0 Å². The Morgan fingerprint density at radius 3 is 2.67 bits per heavy atom. The zero-order valence-corrected chi connectivity index (χ0v) is 3.68. The lowest BCUT2D eigenvalue weighted by Crippen LogP contribution is -2.29. The summed E-state index contributed by atoms with van der Waals surface area (Å²) in [6.45, 7) is 2.41. The monoisotopic (exact) mass is 87.0 g/mol. The molecule has 1 rings (SSSR count). The molecule has 1 saturated heterocycles. The smallest absolute Gasteiger partial charge is 0.115 e. The highest BCUT2D eigenvalue weighted by molar-refractivity contribution is 4.75. The van der Waals surface area contributed by atoms with Gasteiger partial charge in [-0.25, -0.2) is 0 Å². The summed E-state index contributed by atoms with van der Waals surface area (Å²) in [5.41, 5.74) is 0. The summed E-state index contributed by atoms with van der Waals surface area (Å²) in [6, 6.07) is 0. The molecule has 1 radical (unpaired) electrons. The van der Waals surface area contributed by atoms with Gasteiger partial charge in [-0.15, -0.1) is 0 Å². The number of hydrogen-bond donors (Lipinski definition) is 0. The molecule has 0 aromatic heterocycles. The Morgan fingerprint density at radius 1 is 2.00 bits per heavy atom. The average molecular weight is 87.1 g/mol. The summed E-state index contributed by atoms with van der Waals surface area (Å²) in [7, 11) is 1.67. The van der Waals surface area contributed by atoms with E-state index in [-0.39, 0.29) is 6.10 Å². The van der Waals surface area contributed by atoms with Crippen molar-refractivity contribution >= 4 is 0 Å². The highest BCUT2D eigenvalue weighted by Gasteiger charge is 2.16. The van der Waals surface area contributed by atoms with E-state index in [0.29, 0.717) is 0 Å². The number of hydrogen-bond acceptors (Lipinski definition) is 2. The lowest BCUT2D eigenvalue weighted by molar-refractivity contribution is -0.0633. The molecule has 0 spiro atoms. The Labute approximate surface area is 37.1 Å². The lowest BCUT2D eigenvalue weighted by Gasteiger charge is -2.22. The van der Waals surface area contributed by atoms with E-state index in [1.807, 2.05) is 0 Å². The molecule has 0 amide bonds. The van der Waals surface area contributed by atoms with Crippen molar-refractivity contribution in [2.24, 2.45) is 0 Å². The van der Waals surface area contributed by atoms with Crippen molar-refractivity contribution in [3.05, 3.63) is 6.61 Å². The van der Waals surface area contributed by atoms with Crippen LogP contribution in [0.15, 0.2) is 0 Å². The summed E-state index contributed by atoms with van der Waals surface area (Å²) >= 11 is 0. The number of rotatable bonds is 1. The van der Waals surface area contributed by atoms with E-state index >= 15 is 0 Å². The van der Waals surface area contributed by atoms with Gasteiger partial charge < -0.3 is 9.47 Å². The zero-order chi connectivity index (χ0) is 4.41. The fourth-order valence-electron chi connectivity index (χ4n) is 0.298. The van der Waals surface area contributed by atoms with Gasteiger partial charge in [0.05, 0.1) is 6.61 Å². The normalized spacial score (nSPS) is 23.5. The van der Waals surface area contributed by atoms with Gasteiger partial charge in [-0.2, -0.15) is 0 Å². The third kappa shape index (κ3) is 0.533. The molecular formula is C4H7O2. The minimum Gasteiger partial charge on any atom is -0.376 e. The van der Waals surface area contributed by atoms with Crippen LogP contribution >= 0.6 is 0 Å². The van der Waals surface area contributed by atoms with Crippen molar-refractivity contribution < 1.29 is 9.47 Å². The van der Waals surface area contributed by atoms with Crippen molar-refractivity contribution in [1.29, 1.82) is 0 Å². The van der Waals surface area contributed by atoms with E-state index in [4.69, 9.17) is 4.74 Å². The summed E-state index contributed by atoms with van der Waals surface area (Å²) in [5, 5.41) is 0. The highest BCUT2D eigenvalue weighted by atomic mass is 16.6. The first-order valence-corrected chi connectivity index (χ1v) is 1.91. The molecule has 0 aromatic carbocycles. The summed E-state index contributed by atoms with van der Waals surface area (Å²) in [4.78, 5) is 0. The van der Waals surface area contributed by atoms with Gasteiger partial charge in [-0.3, -0.25) is 0 Å². The molecule has 6 heavy (non-hydrogen) atoms. The SMILES string of the molecule is COC1[CH]OC1. The predicted molar refractivity (Wildman–Crippen MR) is 21.0 cm³/mol. The van der Waals surface area contributed by atoms with Gasteiger partial charge in [-0.1, -0.05) is 0 Å². The van der Waals surface area contributed by atoms with Crippen LogP contribution in [0.5, 0.6) is 0 Å². The maximum absolute atomic E-state index is 4.81. The molecule has 35 valence electrons. The first kappa shape index (κ1) is 4.09. The molecule has 0 saturated carbocycles. The van der Waals surface area contributed by atoms with Crippen molar-refractivity contribution in [3.63, 3.8) is 0 Å². The van der Waals surface area contributed by atoms with Gasteiger partial charge in [0.15, 0.2) is 0 Å². The van der Waals surface area contributed by atoms with Crippen LogP contribution in [-0.2, 0) is 9.47 Å². The molecule has 1 heterocycles. The Bertz CT molecular complexity index is 38.1. The topological polar surface area (TPSA) is 18.5 Å². The Balaban J connectivity index is 2.01. The summed E-state index contributed by atoms with van der Waals surface area (Å²) in [6.07, 6.45) is 0.269. The van der Waals surface area contributed by atoms with E-state index in [1.54, 1.807) is 13.7 Å². The minimum atomic E-state index is 0.269. The molecule has 0 aromatic rings. The number of methoxy groups -OCH3 is 1. The van der Waals surface area contributed by atoms with E-state index < -0.39 is 0 Å². The Morgan fingerprint density at radius 2 is 2.67 bits per heavy atom. The maximum Gasteiger partial charge on any atom is 0.115 e. The van der Waals surface area contributed by atoms with Crippen LogP contribution in [0.3, 0.4) is 0 Å². The quantitative estimate of drug-likeness (QED) is 0.454. The van der Waals surface area contributed by atoms with Crippen LogP contribution < -0.4 is 0 Å². The third-order valence-corrected chi connectivity index (χ3v) is 0.811. The molecular weight excluding hydrogens is 80.0 g/mol. The maximum atomic E-state index is 4.81. The molecule has 2 nitrogen and oxygen atoms in total. The standard InChI is InChI=1S/C4H7O2/c1-5-4-2-6-3-4/h2,4H,3H2,1H3. The first-order valence-electron chi connectivity index (χ1n) is 1.91. The van der Waals surface area contributed by atoms with Gasteiger partial charge in [0.25, 0.3) is 0 Å². The molecule has 0 N–H and O–H groups in total. The summed E-state index contributed by atoms with van der Waals surface area (Å²) < 4.78 is 9.48. The van der Waals surface area contributed by atoms with Gasteiger partial charge in [-0.05, 0) is 0 Å². The number of ether oxygens (including phenoxy) is 2. The first-order chi connectivity index (χ1) is 2.93. The second-order valence-corrected chi connectivity index (χ2v) is 1.24. The van der Waals surface area contributed by atoms with Crippen molar-refractivity contribution in [1.82, 2.24) is 0 Å². The molecule has 1 aliphatic rings. The second-order valence-electron chi connectivity index (χ2n) is 1.24. The lowest BCUT2D eigenvalue weighted by atomic mass is 10.3. The van der Waals surface area contributed by atoms with Crippen molar-refractivity contribution in [3.8, 4) is 0 Å². The molecule has 1 atom stereocenters. The van der Waals surface area contributed by atoms with Crippen LogP contribution in [0.2, 0.25) is 0 Å². The fraction of sp³-hybridized carbons (Fsp3) is 0.750. The zero-order valence-electron chi connectivity index (χ0n) is 3.68. The van der Waals surface area contributed by atoms with E-state index in [0.717, 1.165) is 6.61 Å². The second kappa shape index (κ2) is 1.58. The molecule has 0 aliphatic carbocycles. The van der Waals surface area contributed by atoms with Crippen LogP contribution in [0.4, 0.5) is 0 Å². The molecule has 1 unspecified atom stereocenters. The van der Waals surface area contributed by atoms with Crippen molar-refractivity contribution in [2.45, 2.75) is 6.10 Å². The van der Waals surface area contributed by atoms with Crippen LogP contribution in [0.25, 0.3) is 0 Å². The van der Waals surface area contributed by atoms with E-state index in [1.165, 1.54) is 0 Å². The van der Waals surface area contributed by atoms with E-state index in [9.17, 15) is 0 Å². The average Bonchev–Trinajstić information content (AvgIpc) is 1.31. The van der Waals surface area contributed by atoms with Crippen LogP contribution in [0, 0.1) is 6.61 Å². The van der Waals surface area contributed by atoms with Crippen molar-refractivity contribution in [2.75, 3.05) is 13.7 Å². The fourth-order valence-corrected chi connectivity index (χ4v) is 0.298. The van der Waals surface area contributed by atoms with Gasteiger partial charge in [0.2, 0.25) is 0 Å². The molecule has 0 bridgehead atoms. The minimum absolute atomic E-state index is 0.269. The highest BCUT2D eigenvalue weighted by Crippen LogP contribution is 2.07. The third-order valence-electron chi connectivity index (χ3n) is 0.811. The Hall–Kier alpha value is -0.0800. The Kier molecular flexibility index (Phi) is 1.08. The molecule has 1 fully saturated rings. The van der Waals surface area contributed by atoms with Gasteiger partial charge in [0.1, 0.15) is 12.7 Å². The van der Waals surface area contributed by atoms with Gasteiger partial charge in [0, 0.05) is 7.11 Å². The van der Waals surface area contributed by atoms with Gasteiger partial charge >= 0.3 is 0 Å². The largest absolute Gasteiger partial charge is 0.376 e. The molecule has 1 aliphatic heterocycles. The molecule has 2 heteroatoms. The predicted octanol–water partition coefficient (Wildman–Crippen LogP) is 0.193. The van der Waals surface area contributed by atoms with E-state index in [2.05, 4.69) is 4.74 Å². The summed E-state index contributed by atoms with van der Waals surface area (Å²) in [5.74, 6) is 0. The van der Waals surface area contributed by atoms with Crippen LogP contribution in [-0.4, -0.2) is 19.8 Å².